The molecule has 0 aromatic heterocycles. The molecule has 0 radical (unpaired) electrons. The van der Waals surface area contributed by atoms with Gasteiger partial charge in [0, 0.05) is 0 Å². The van der Waals surface area contributed by atoms with Gasteiger partial charge in [-0.25, -0.2) is 29.9 Å². The summed E-state index contributed by atoms with van der Waals surface area (Å²) in [6.07, 6.45) is 0.462. The average molecular weight is 272 g/mol. The van der Waals surface area contributed by atoms with Crippen molar-refractivity contribution in [3.8, 4) is 0 Å². The van der Waals surface area contributed by atoms with E-state index in [0.717, 1.165) is 0 Å². The van der Waals surface area contributed by atoms with Crippen molar-refractivity contribution in [1.29, 1.82) is 0 Å². The van der Waals surface area contributed by atoms with Gasteiger partial charge in [-0.1, -0.05) is 6.92 Å². The molecule has 9 nitrogen and oxygen atoms in total. The van der Waals surface area contributed by atoms with Gasteiger partial charge in [0.1, 0.15) is 0 Å². The quantitative estimate of drug-likeness (QED) is 0.277. The minimum Gasteiger partial charge on any atom is -0.755 e. The van der Waals surface area contributed by atoms with Crippen molar-refractivity contribution in [3.05, 3.63) is 0 Å². The van der Waals surface area contributed by atoms with Gasteiger partial charge in [0.2, 0.25) is 0 Å². The Kier molecular flexibility index (Phi) is 10.3. The Morgan fingerprint density at radius 1 is 1.27 bits per heavy atom. The van der Waals surface area contributed by atoms with Crippen molar-refractivity contribution in [1.82, 2.24) is 0 Å². The van der Waals surface area contributed by atoms with Crippen molar-refractivity contribution in [2.24, 2.45) is 11.8 Å². The Bertz CT molecular complexity index is 263. The van der Waals surface area contributed by atoms with Gasteiger partial charge in [-0.3, -0.25) is 9.09 Å². The molecule has 0 amide bonds. The molecule has 0 fully saturated rings. The number of phosphoric acid groups is 2. The first kappa shape index (κ1) is 18.5. The topological polar surface area (TPSA) is 146 Å². The van der Waals surface area contributed by atoms with Gasteiger partial charge < -0.3 is 4.89 Å². The zero-order valence-corrected chi connectivity index (χ0v) is 12.1. The van der Waals surface area contributed by atoms with E-state index in [1.807, 2.05) is 0 Å². The van der Waals surface area contributed by atoms with E-state index < -0.39 is 15.6 Å². The first-order chi connectivity index (χ1) is 6.39. The van der Waals surface area contributed by atoms with Crippen molar-refractivity contribution < 1.29 is 61.7 Å². The Morgan fingerprint density at radius 3 is 2.13 bits per heavy atom. The standard InChI is InChI=1S/C3H12N2O7P2.Na/c1-2-3-9-14(8,11-5)12-13(6,7)10-4;/h2-5H2,1H3,(H,6,7);/q;+1/p-1. The molecule has 0 aliphatic heterocycles. The molecule has 0 aliphatic carbocycles. The van der Waals surface area contributed by atoms with E-state index in [4.69, 9.17) is 0 Å². The van der Waals surface area contributed by atoms with E-state index in [2.05, 4.69) is 29.9 Å². The van der Waals surface area contributed by atoms with E-state index in [1.54, 1.807) is 6.92 Å². The van der Waals surface area contributed by atoms with Crippen LogP contribution in [0.1, 0.15) is 13.3 Å². The second-order valence-corrected chi connectivity index (χ2v) is 5.14. The minimum absolute atomic E-state index is 0. The fourth-order valence-electron chi connectivity index (χ4n) is 0.418. The van der Waals surface area contributed by atoms with Crippen molar-refractivity contribution in [3.63, 3.8) is 0 Å². The molecule has 0 aliphatic rings. The fourth-order valence-corrected chi connectivity index (χ4v) is 2.36. The van der Waals surface area contributed by atoms with Crippen LogP contribution in [0.4, 0.5) is 0 Å². The van der Waals surface area contributed by atoms with E-state index in [0.29, 0.717) is 6.42 Å². The van der Waals surface area contributed by atoms with Crippen LogP contribution in [0, 0.1) is 0 Å². The Balaban J connectivity index is 0. The van der Waals surface area contributed by atoms with E-state index >= 15 is 0 Å². The number of hydrogen-bond donors (Lipinski definition) is 2. The van der Waals surface area contributed by atoms with Crippen LogP contribution >= 0.6 is 15.6 Å². The van der Waals surface area contributed by atoms with Gasteiger partial charge in [-0.2, -0.15) is 0 Å². The zero-order valence-electron chi connectivity index (χ0n) is 8.32. The van der Waals surface area contributed by atoms with Gasteiger partial charge in [0.05, 0.1) is 6.61 Å². The van der Waals surface area contributed by atoms with Crippen LogP contribution in [0.15, 0.2) is 0 Å². The van der Waals surface area contributed by atoms with Crippen LogP contribution in [0.2, 0.25) is 0 Å². The molecule has 2 unspecified atom stereocenters. The molecule has 0 aromatic rings. The van der Waals surface area contributed by atoms with Crippen LogP contribution in [0.25, 0.3) is 0 Å². The monoisotopic (exact) mass is 272 g/mol. The zero-order chi connectivity index (χ0) is 11.2. The molecule has 0 aromatic carbocycles. The molecular formula is C3H11N2NaO7P2. The van der Waals surface area contributed by atoms with Gasteiger partial charge >= 0.3 is 37.4 Å². The Labute approximate surface area is 109 Å². The molecule has 2 atom stereocenters. The summed E-state index contributed by atoms with van der Waals surface area (Å²) in [7, 11) is -9.27. The molecule has 0 saturated carbocycles. The maximum absolute atomic E-state index is 11.2. The van der Waals surface area contributed by atoms with E-state index in [1.165, 1.54) is 0 Å². The SMILES string of the molecule is CCCOP(=O)(ON)OP(=O)([O-])ON.[Na+]. The van der Waals surface area contributed by atoms with Crippen molar-refractivity contribution >= 4 is 15.6 Å². The minimum atomic E-state index is -4.92. The molecule has 0 rings (SSSR count). The molecule has 15 heavy (non-hydrogen) atoms. The van der Waals surface area contributed by atoms with Gasteiger partial charge in [0.15, 0.2) is 0 Å². The van der Waals surface area contributed by atoms with E-state index in [-0.39, 0.29) is 36.2 Å². The van der Waals surface area contributed by atoms with Crippen LogP contribution < -0.4 is 46.2 Å². The molecule has 4 N–H and O–H groups in total. The molecule has 0 heterocycles. The normalized spacial score (nSPS) is 18.7. The predicted molar refractivity (Wildman–Crippen MR) is 43.1 cm³/mol. The van der Waals surface area contributed by atoms with Crippen molar-refractivity contribution in [2.45, 2.75) is 13.3 Å². The molecule has 12 heteroatoms. The summed E-state index contributed by atoms with van der Waals surface area (Å²) in [6, 6.07) is 0. The second kappa shape index (κ2) is 8.30. The first-order valence-electron chi connectivity index (χ1n) is 3.43. The largest absolute Gasteiger partial charge is 1.00 e. The summed E-state index contributed by atoms with van der Waals surface area (Å²) in [4.78, 5) is 10.6. The molecule has 0 spiro atoms. The molecule has 0 bridgehead atoms. The summed E-state index contributed by atoms with van der Waals surface area (Å²) < 4.78 is 37.3. The third-order valence-electron chi connectivity index (χ3n) is 0.912. The molecular weight excluding hydrogens is 261 g/mol. The third-order valence-corrected chi connectivity index (χ3v) is 3.53. The Hall–Kier alpha value is 1.18. The smallest absolute Gasteiger partial charge is 0.755 e. The summed E-state index contributed by atoms with van der Waals surface area (Å²) in [5.74, 6) is 8.86. The molecule has 0 saturated heterocycles. The van der Waals surface area contributed by atoms with Crippen LogP contribution in [-0.2, 0) is 27.2 Å². The van der Waals surface area contributed by atoms with Crippen molar-refractivity contribution in [2.75, 3.05) is 6.61 Å². The summed E-state index contributed by atoms with van der Waals surface area (Å²) in [5.41, 5.74) is 0. The molecule has 86 valence electrons. The maximum Gasteiger partial charge on any atom is 1.00 e. The van der Waals surface area contributed by atoms with Crippen LogP contribution in [0.3, 0.4) is 0 Å². The summed E-state index contributed by atoms with van der Waals surface area (Å²) in [6.45, 7) is 1.64. The maximum atomic E-state index is 11.2. The van der Waals surface area contributed by atoms with Gasteiger partial charge in [-0.15, -0.1) is 0 Å². The van der Waals surface area contributed by atoms with Gasteiger partial charge in [0.25, 0.3) is 7.82 Å². The number of nitrogens with two attached hydrogens (primary N) is 2. The Morgan fingerprint density at radius 2 is 1.80 bits per heavy atom. The first-order valence-corrected chi connectivity index (χ1v) is 6.35. The van der Waals surface area contributed by atoms with E-state index in [9.17, 15) is 14.0 Å². The summed E-state index contributed by atoms with van der Waals surface area (Å²) >= 11 is 0. The summed E-state index contributed by atoms with van der Waals surface area (Å²) in [5, 5.41) is 0. The average Bonchev–Trinajstić information content (AvgIpc) is 2.14. The second-order valence-electron chi connectivity index (χ2n) is 2.02. The van der Waals surface area contributed by atoms with Crippen LogP contribution in [-0.4, -0.2) is 6.61 Å². The van der Waals surface area contributed by atoms with Crippen LogP contribution in [0.5, 0.6) is 0 Å². The van der Waals surface area contributed by atoms with Gasteiger partial charge in [-0.05, 0) is 6.42 Å². The number of rotatable bonds is 7. The third kappa shape index (κ3) is 7.98. The fraction of sp³-hybridized carbons (Fsp3) is 1.00. The number of hydrogen-bond acceptors (Lipinski definition) is 9. The predicted octanol–water partition coefficient (Wildman–Crippen LogP) is -3.21.